The van der Waals surface area contributed by atoms with E-state index in [2.05, 4.69) is 27.9 Å². The summed E-state index contributed by atoms with van der Waals surface area (Å²) >= 11 is 1.78. The summed E-state index contributed by atoms with van der Waals surface area (Å²) in [5.41, 5.74) is 2.71. The zero-order chi connectivity index (χ0) is 13.2. The number of aromatic nitrogens is 4. The fourth-order valence-corrected chi connectivity index (χ4v) is 2.83. The summed E-state index contributed by atoms with van der Waals surface area (Å²) in [6.07, 6.45) is 3.59. The molecule has 3 aromatic heterocycles. The van der Waals surface area contributed by atoms with Crippen molar-refractivity contribution >= 4 is 22.9 Å². The number of fused-ring (bicyclic) bond motifs is 1. The Labute approximate surface area is 115 Å². The van der Waals surface area contributed by atoms with Crippen molar-refractivity contribution in [2.75, 3.05) is 5.75 Å². The molecule has 5 heteroatoms. The van der Waals surface area contributed by atoms with Gasteiger partial charge in [0.2, 0.25) is 0 Å². The van der Waals surface area contributed by atoms with E-state index in [4.69, 9.17) is 0 Å². The number of rotatable bonds is 3. The Morgan fingerprint density at radius 2 is 1.95 bits per heavy atom. The fraction of sp³-hybridized carbons (Fsp3) is 0.214. The summed E-state index contributed by atoms with van der Waals surface area (Å²) in [5.74, 6) is 1.88. The predicted octanol–water partition coefficient (Wildman–Crippen LogP) is 3.14. The topological polar surface area (TPSA) is 43.6 Å². The summed E-state index contributed by atoms with van der Waals surface area (Å²) in [6.45, 7) is 2.14. The van der Waals surface area contributed by atoms with Crippen LogP contribution in [0.25, 0.3) is 22.7 Å². The van der Waals surface area contributed by atoms with Crippen molar-refractivity contribution in [1.82, 2.24) is 19.5 Å². The van der Waals surface area contributed by atoms with Crippen molar-refractivity contribution in [2.24, 2.45) is 7.05 Å². The number of hydrogen-bond acceptors (Lipinski definition) is 4. The van der Waals surface area contributed by atoms with E-state index >= 15 is 0 Å². The Bertz CT molecular complexity index is 720. The molecule has 0 unspecified atom stereocenters. The summed E-state index contributed by atoms with van der Waals surface area (Å²) < 4.78 is 2.00. The second kappa shape index (κ2) is 5.01. The van der Waals surface area contributed by atoms with Gasteiger partial charge in [-0.05, 0) is 30.0 Å². The van der Waals surface area contributed by atoms with E-state index in [1.807, 2.05) is 36.0 Å². The van der Waals surface area contributed by atoms with E-state index in [9.17, 15) is 0 Å². The molecule has 0 aliphatic carbocycles. The highest BCUT2D eigenvalue weighted by Crippen LogP contribution is 2.29. The van der Waals surface area contributed by atoms with Crippen LogP contribution < -0.4 is 0 Å². The van der Waals surface area contributed by atoms with Crippen LogP contribution in [-0.2, 0) is 7.05 Å². The van der Waals surface area contributed by atoms with Crippen LogP contribution in [0.1, 0.15) is 6.92 Å². The van der Waals surface area contributed by atoms with E-state index in [0.717, 1.165) is 33.3 Å². The third kappa shape index (κ3) is 2.10. The number of thioether (sulfide) groups is 1. The minimum absolute atomic E-state index is 0.866. The van der Waals surface area contributed by atoms with Gasteiger partial charge in [-0.15, -0.1) is 11.8 Å². The number of imidazole rings is 1. The zero-order valence-corrected chi connectivity index (χ0v) is 11.7. The highest BCUT2D eigenvalue weighted by molar-refractivity contribution is 7.99. The lowest BCUT2D eigenvalue weighted by atomic mass is 10.3. The standard InChI is InChI=1S/C14H14N4S/c1-3-19-11-7-5-8-15-12(11)14-17-10-6-4-9-16-13(10)18(14)2/h4-9H,3H2,1-2H3. The zero-order valence-electron chi connectivity index (χ0n) is 10.9. The predicted molar refractivity (Wildman–Crippen MR) is 78.1 cm³/mol. The molecule has 0 saturated carbocycles. The van der Waals surface area contributed by atoms with Crippen molar-refractivity contribution in [3.8, 4) is 11.5 Å². The number of aryl methyl sites for hydroxylation is 1. The summed E-state index contributed by atoms with van der Waals surface area (Å²) in [4.78, 5) is 14.7. The second-order valence-electron chi connectivity index (χ2n) is 4.12. The Kier molecular flexibility index (Phi) is 3.21. The molecule has 0 atom stereocenters. The first-order valence-corrected chi connectivity index (χ1v) is 7.15. The van der Waals surface area contributed by atoms with Crippen molar-refractivity contribution < 1.29 is 0 Å². The van der Waals surface area contributed by atoms with Crippen LogP contribution >= 0.6 is 11.8 Å². The van der Waals surface area contributed by atoms with Gasteiger partial charge in [0.15, 0.2) is 11.5 Å². The van der Waals surface area contributed by atoms with Gasteiger partial charge < -0.3 is 4.57 Å². The Hall–Kier alpha value is -1.88. The summed E-state index contributed by atoms with van der Waals surface area (Å²) in [7, 11) is 1.98. The van der Waals surface area contributed by atoms with E-state index in [1.54, 1.807) is 18.0 Å². The van der Waals surface area contributed by atoms with Crippen molar-refractivity contribution in [1.29, 1.82) is 0 Å². The molecule has 0 aliphatic heterocycles. The normalized spacial score (nSPS) is 11.1. The van der Waals surface area contributed by atoms with E-state index in [0.29, 0.717) is 0 Å². The van der Waals surface area contributed by atoms with Crippen LogP contribution in [0.2, 0.25) is 0 Å². The Morgan fingerprint density at radius 3 is 2.74 bits per heavy atom. The maximum atomic E-state index is 4.65. The monoisotopic (exact) mass is 270 g/mol. The molecule has 0 spiro atoms. The maximum absolute atomic E-state index is 4.65. The third-order valence-electron chi connectivity index (χ3n) is 2.91. The van der Waals surface area contributed by atoms with Gasteiger partial charge in [-0.3, -0.25) is 4.98 Å². The van der Waals surface area contributed by atoms with Crippen LogP contribution in [-0.4, -0.2) is 25.3 Å². The molecule has 96 valence electrons. The molecular formula is C14H14N4S. The van der Waals surface area contributed by atoms with Gasteiger partial charge in [0.1, 0.15) is 11.2 Å². The first kappa shape index (κ1) is 12.2. The highest BCUT2D eigenvalue weighted by atomic mass is 32.2. The smallest absolute Gasteiger partial charge is 0.161 e. The molecule has 0 fully saturated rings. The van der Waals surface area contributed by atoms with E-state index in [-0.39, 0.29) is 0 Å². The number of nitrogens with zero attached hydrogens (tertiary/aromatic N) is 4. The molecule has 4 nitrogen and oxygen atoms in total. The van der Waals surface area contributed by atoms with Gasteiger partial charge in [-0.2, -0.15) is 0 Å². The van der Waals surface area contributed by atoms with E-state index < -0.39 is 0 Å². The average molecular weight is 270 g/mol. The van der Waals surface area contributed by atoms with Gasteiger partial charge in [-0.25, -0.2) is 9.97 Å². The lowest BCUT2D eigenvalue weighted by molar-refractivity contribution is 0.928. The first-order valence-electron chi connectivity index (χ1n) is 6.17. The minimum atomic E-state index is 0.866. The van der Waals surface area contributed by atoms with Crippen LogP contribution in [0.3, 0.4) is 0 Å². The number of hydrogen-bond donors (Lipinski definition) is 0. The largest absolute Gasteiger partial charge is 0.310 e. The molecule has 0 saturated heterocycles. The molecule has 3 heterocycles. The molecule has 0 aromatic carbocycles. The second-order valence-corrected chi connectivity index (χ2v) is 5.43. The van der Waals surface area contributed by atoms with Crippen LogP contribution in [0, 0.1) is 0 Å². The van der Waals surface area contributed by atoms with Gasteiger partial charge in [-0.1, -0.05) is 6.92 Å². The van der Waals surface area contributed by atoms with Gasteiger partial charge in [0.25, 0.3) is 0 Å². The molecule has 3 rings (SSSR count). The van der Waals surface area contributed by atoms with Gasteiger partial charge >= 0.3 is 0 Å². The van der Waals surface area contributed by atoms with E-state index in [1.165, 1.54) is 0 Å². The molecular weight excluding hydrogens is 256 g/mol. The van der Waals surface area contributed by atoms with Crippen LogP contribution in [0.5, 0.6) is 0 Å². The van der Waals surface area contributed by atoms with Crippen LogP contribution in [0.15, 0.2) is 41.6 Å². The SMILES string of the molecule is CCSc1cccnc1-c1nc2cccnc2n1C. The molecule has 0 radical (unpaired) electrons. The van der Waals surface area contributed by atoms with Gasteiger partial charge in [0, 0.05) is 24.3 Å². The van der Waals surface area contributed by atoms with Gasteiger partial charge in [0.05, 0.1) is 0 Å². The van der Waals surface area contributed by atoms with Crippen molar-refractivity contribution in [3.63, 3.8) is 0 Å². The lowest BCUT2D eigenvalue weighted by Crippen LogP contribution is -1.97. The maximum Gasteiger partial charge on any atom is 0.161 e. The molecule has 0 amide bonds. The average Bonchev–Trinajstić information content (AvgIpc) is 2.78. The molecule has 0 aliphatic rings. The highest BCUT2D eigenvalue weighted by Gasteiger charge is 2.14. The molecule has 19 heavy (non-hydrogen) atoms. The van der Waals surface area contributed by atoms with Crippen molar-refractivity contribution in [2.45, 2.75) is 11.8 Å². The Balaban J connectivity index is 2.22. The summed E-state index contributed by atoms with van der Waals surface area (Å²) in [5, 5.41) is 0. The summed E-state index contributed by atoms with van der Waals surface area (Å²) in [6, 6.07) is 7.92. The molecule has 0 bridgehead atoms. The van der Waals surface area contributed by atoms with Crippen LogP contribution in [0.4, 0.5) is 0 Å². The quantitative estimate of drug-likeness (QED) is 0.686. The molecule has 3 aromatic rings. The van der Waals surface area contributed by atoms with Crippen molar-refractivity contribution in [3.05, 3.63) is 36.7 Å². The first-order chi connectivity index (χ1) is 9.31. The molecule has 0 N–H and O–H groups in total. The fourth-order valence-electron chi connectivity index (χ4n) is 2.07. The minimum Gasteiger partial charge on any atom is -0.310 e. The number of pyridine rings is 2. The lowest BCUT2D eigenvalue weighted by Gasteiger charge is -2.06. The third-order valence-corrected chi connectivity index (χ3v) is 3.84. The Morgan fingerprint density at radius 1 is 1.16 bits per heavy atom.